The second kappa shape index (κ2) is 6.87. The minimum Gasteiger partial charge on any atom is -0.307 e. The monoisotopic (exact) mass is 291 g/mol. The maximum absolute atomic E-state index is 12.9. The summed E-state index contributed by atoms with van der Waals surface area (Å²) in [4.78, 5) is 0. The molecule has 1 unspecified atom stereocenters. The zero-order valence-corrected chi connectivity index (χ0v) is 12.5. The first-order valence-electron chi connectivity index (χ1n) is 6.80. The van der Waals surface area contributed by atoms with Crippen molar-refractivity contribution in [1.82, 2.24) is 5.32 Å². The fourth-order valence-corrected chi connectivity index (χ4v) is 2.43. The standard InChI is InChI=1S/C17H19ClFN/c1-12(11-14-3-9-17(19)10-4-14)20-13(2)15-5-7-16(18)8-6-15/h3-10,12-13,20H,11H2,1-2H3/t12?,13-/m1/s1. The lowest BCUT2D eigenvalue weighted by atomic mass is 10.0. The Morgan fingerprint density at radius 3 is 2.20 bits per heavy atom. The van der Waals surface area contributed by atoms with Crippen molar-refractivity contribution in [2.45, 2.75) is 32.4 Å². The molecule has 0 spiro atoms. The number of rotatable bonds is 5. The first kappa shape index (κ1) is 15.0. The van der Waals surface area contributed by atoms with Crippen molar-refractivity contribution < 1.29 is 4.39 Å². The molecule has 2 aromatic rings. The van der Waals surface area contributed by atoms with Gasteiger partial charge in [-0.15, -0.1) is 0 Å². The summed E-state index contributed by atoms with van der Waals surface area (Å²) in [5, 5.41) is 4.29. The molecule has 3 heteroatoms. The maximum atomic E-state index is 12.9. The van der Waals surface area contributed by atoms with Gasteiger partial charge < -0.3 is 5.32 Å². The van der Waals surface area contributed by atoms with Crippen molar-refractivity contribution in [3.63, 3.8) is 0 Å². The Labute approximate surface area is 124 Å². The van der Waals surface area contributed by atoms with Crippen LogP contribution in [-0.4, -0.2) is 6.04 Å². The Morgan fingerprint density at radius 2 is 1.60 bits per heavy atom. The summed E-state index contributed by atoms with van der Waals surface area (Å²) in [5.41, 5.74) is 2.34. The number of hydrogen-bond acceptors (Lipinski definition) is 1. The van der Waals surface area contributed by atoms with E-state index in [9.17, 15) is 4.39 Å². The molecule has 0 aromatic heterocycles. The minimum absolute atomic E-state index is 0.191. The van der Waals surface area contributed by atoms with Gasteiger partial charge in [0.15, 0.2) is 0 Å². The molecule has 106 valence electrons. The molecule has 0 aliphatic carbocycles. The number of nitrogens with one attached hydrogen (secondary N) is 1. The quantitative estimate of drug-likeness (QED) is 0.837. The molecule has 0 heterocycles. The normalized spacial score (nSPS) is 14.0. The molecule has 2 rings (SSSR count). The fraction of sp³-hybridized carbons (Fsp3) is 0.294. The van der Waals surface area contributed by atoms with Crippen molar-refractivity contribution in [1.29, 1.82) is 0 Å². The van der Waals surface area contributed by atoms with Crippen molar-refractivity contribution in [2.75, 3.05) is 0 Å². The van der Waals surface area contributed by atoms with Crippen LogP contribution in [-0.2, 0) is 6.42 Å². The Morgan fingerprint density at radius 1 is 1.00 bits per heavy atom. The Bertz CT molecular complexity index is 536. The summed E-state index contributed by atoms with van der Waals surface area (Å²) < 4.78 is 12.9. The van der Waals surface area contributed by atoms with Crippen LogP contribution in [0.1, 0.15) is 31.0 Å². The zero-order chi connectivity index (χ0) is 14.5. The van der Waals surface area contributed by atoms with Gasteiger partial charge in [0.25, 0.3) is 0 Å². The molecule has 0 aliphatic heterocycles. The van der Waals surface area contributed by atoms with E-state index in [2.05, 4.69) is 19.2 Å². The zero-order valence-electron chi connectivity index (χ0n) is 11.7. The third-order valence-electron chi connectivity index (χ3n) is 3.36. The van der Waals surface area contributed by atoms with E-state index < -0.39 is 0 Å². The topological polar surface area (TPSA) is 12.0 Å². The van der Waals surface area contributed by atoms with E-state index in [-0.39, 0.29) is 11.9 Å². The first-order valence-corrected chi connectivity index (χ1v) is 7.18. The van der Waals surface area contributed by atoms with Crippen LogP contribution in [0.5, 0.6) is 0 Å². The Balaban J connectivity index is 1.92. The molecule has 2 aromatic carbocycles. The lowest BCUT2D eigenvalue weighted by Gasteiger charge is -2.20. The second-order valence-electron chi connectivity index (χ2n) is 5.17. The van der Waals surface area contributed by atoms with Crippen molar-refractivity contribution >= 4 is 11.6 Å². The lowest BCUT2D eigenvalue weighted by Crippen LogP contribution is -2.30. The van der Waals surface area contributed by atoms with Gasteiger partial charge in [0.05, 0.1) is 0 Å². The summed E-state index contributed by atoms with van der Waals surface area (Å²) in [6.45, 7) is 4.26. The van der Waals surface area contributed by atoms with Gasteiger partial charge in [0, 0.05) is 17.1 Å². The summed E-state index contributed by atoms with van der Waals surface area (Å²) >= 11 is 5.89. The average molecular weight is 292 g/mol. The van der Waals surface area contributed by atoms with Crippen molar-refractivity contribution in [3.8, 4) is 0 Å². The number of benzene rings is 2. The van der Waals surface area contributed by atoms with Gasteiger partial charge in [0.1, 0.15) is 5.82 Å². The van der Waals surface area contributed by atoms with E-state index in [4.69, 9.17) is 11.6 Å². The summed E-state index contributed by atoms with van der Waals surface area (Å²) in [5.74, 6) is -0.191. The van der Waals surface area contributed by atoms with Gasteiger partial charge in [-0.05, 0) is 55.7 Å². The van der Waals surface area contributed by atoms with Crippen LogP contribution in [0.4, 0.5) is 4.39 Å². The smallest absolute Gasteiger partial charge is 0.123 e. The van der Waals surface area contributed by atoms with Crippen molar-refractivity contribution in [3.05, 3.63) is 70.5 Å². The van der Waals surface area contributed by atoms with Crippen molar-refractivity contribution in [2.24, 2.45) is 0 Å². The number of halogens is 2. The SMILES string of the molecule is CC(Cc1ccc(F)cc1)N[C@H](C)c1ccc(Cl)cc1. The van der Waals surface area contributed by atoms with E-state index in [1.54, 1.807) is 0 Å². The van der Waals surface area contributed by atoms with E-state index in [0.29, 0.717) is 6.04 Å². The first-order chi connectivity index (χ1) is 9.54. The molecule has 1 nitrogen and oxygen atoms in total. The van der Waals surface area contributed by atoms with Crippen LogP contribution < -0.4 is 5.32 Å². The molecule has 0 amide bonds. The summed E-state index contributed by atoms with van der Waals surface area (Å²) in [6, 6.07) is 15.1. The van der Waals surface area contributed by atoms with Crippen LogP contribution in [0, 0.1) is 5.82 Å². The molecule has 0 saturated carbocycles. The molecule has 1 N–H and O–H groups in total. The van der Waals surface area contributed by atoms with E-state index in [1.165, 1.54) is 17.7 Å². The summed E-state index contributed by atoms with van der Waals surface area (Å²) in [6.07, 6.45) is 0.873. The summed E-state index contributed by atoms with van der Waals surface area (Å²) in [7, 11) is 0. The van der Waals surface area contributed by atoms with Crippen LogP contribution in [0.3, 0.4) is 0 Å². The molecule has 0 radical (unpaired) electrons. The molecule has 20 heavy (non-hydrogen) atoms. The molecule has 0 fully saturated rings. The maximum Gasteiger partial charge on any atom is 0.123 e. The van der Waals surface area contributed by atoms with Crippen LogP contribution in [0.15, 0.2) is 48.5 Å². The van der Waals surface area contributed by atoms with E-state index >= 15 is 0 Å². The molecular formula is C17H19ClFN. The molecule has 0 saturated heterocycles. The largest absolute Gasteiger partial charge is 0.307 e. The Hall–Kier alpha value is -1.38. The molecular weight excluding hydrogens is 273 g/mol. The predicted molar refractivity (Wildman–Crippen MR) is 82.6 cm³/mol. The molecule has 2 atom stereocenters. The van der Waals surface area contributed by atoms with E-state index in [0.717, 1.165) is 17.0 Å². The van der Waals surface area contributed by atoms with Gasteiger partial charge >= 0.3 is 0 Å². The minimum atomic E-state index is -0.191. The third kappa shape index (κ3) is 4.32. The highest BCUT2D eigenvalue weighted by molar-refractivity contribution is 6.30. The molecule has 0 bridgehead atoms. The fourth-order valence-electron chi connectivity index (χ4n) is 2.31. The van der Waals surface area contributed by atoms with E-state index in [1.807, 2.05) is 36.4 Å². The van der Waals surface area contributed by atoms with Gasteiger partial charge in [-0.25, -0.2) is 4.39 Å². The molecule has 0 aliphatic rings. The second-order valence-corrected chi connectivity index (χ2v) is 5.61. The lowest BCUT2D eigenvalue weighted by molar-refractivity contribution is 0.477. The van der Waals surface area contributed by atoms with Gasteiger partial charge in [-0.2, -0.15) is 0 Å². The number of hydrogen-bond donors (Lipinski definition) is 1. The van der Waals surface area contributed by atoms with Crippen LogP contribution in [0.25, 0.3) is 0 Å². The average Bonchev–Trinajstić information content (AvgIpc) is 2.42. The van der Waals surface area contributed by atoms with Gasteiger partial charge in [-0.3, -0.25) is 0 Å². The highest BCUT2D eigenvalue weighted by Crippen LogP contribution is 2.17. The third-order valence-corrected chi connectivity index (χ3v) is 3.61. The van der Waals surface area contributed by atoms with Crippen LogP contribution >= 0.6 is 11.6 Å². The highest BCUT2D eigenvalue weighted by Gasteiger charge is 2.10. The Kier molecular flexibility index (Phi) is 5.16. The highest BCUT2D eigenvalue weighted by atomic mass is 35.5. The predicted octanol–water partition coefficient (Wildman–Crippen LogP) is 4.76. The van der Waals surface area contributed by atoms with Gasteiger partial charge in [0.2, 0.25) is 0 Å². The van der Waals surface area contributed by atoms with Crippen LogP contribution in [0.2, 0.25) is 5.02 Å². The van der Waals surface area contributed by atoms with Gasteiger partial charge in [-0.1, -0.05) is 35.9 Å².